The molecule has 2 N–H and O–H groups in total. The Balaban J connectivity index is 1.63. The van der Waals surface area contributed by atoms with Crippen molar-refractivity contribution in [2.24, 2.45) is 0 Å². The van der Waals surface area contributed by atoms with Crippen LogP contribution in [0.15, 0.2) is 28.6 Å². The van der Waals surface area contributed by atoms with Crippen LogP contribution in [-0.2, 0) is 0 Å². The van der Waals surface area contributed by atoms with Crippen LogP contribution in [0.2, 0.25) is 0 Å². The molecule has 0 aliphatic heterocycles. The summed E-state index contributed by atoms with van der Waals surface area (Å²) in [6.07, 6.45) is 0.980. The molecule has 0 aliphatic carbocycles. The minimum absolute atomic E-state index is 0.703. The van der Waals surface area contributed by atoms with Crippen LogP contribution in [0, 0.1) is 6.92 Å². The Hall–Kier alpha value is -1.27. The predicted octanol–water partition coefficient (Wildman–Crippen LogP) is 2.99. The maximum Gasteiger partial charge on any atom is 0.174 e. The van der Waals surface area contributed by atoms with Crippen LogP contribution in [0.1, 0.15) is 11.4 Å². The van der Waals surface area contributed by atoms with Crippen molar-refractivity contribution in [3.8, 4) is 5.75 Å². The number of nitrogen functional groups attached to an aromatic ring is 1. The summed E-state index contributed by atoms with van der Waals surface area (Å²) in [6.45, 7) is 2.67. The van der Waals surface area contributed by atoms with Crippen molar-refractivity contribution in [1.29, 1.82) is 0 Å². The van der Waals surface area contributed by atoms with E-state index in [-0.39, 0.29) is 0 Å². The molecule has 1 aromatic carbocycles. The summed E-state index contributed by atoms with van der Waals surface area (Å²) in [5.41, 5.74) is 6.35. The lowest BCUT2D eigenvalue weighted by Gasteiger charge is -2.05. The van der Waals surface area contributed by atoms with E-state index in [1.807, 2.05) is 31.2 Å². The molecule has 2 rings (SSSR count). The number of anilines is 1. The van der Waals surface area contributed by atoms with Crippen LogP contribution in [0.3, 0.4) is 0 Å². The smallest absolute Gasteiger partial charge is 0.174 e. The lowest BCUT2D eigenvalue weighted by atomic mass is 10.3. The first kappa shape index (κ1) is 13.2. The normalized spacial score (nSPS) is 10.5. The minimum atomic E-state index is 0.703. The summed E-state index contributed by atoms with van der Waals surface area (Å²) in [5, 5.41) is 9.04. The Labute approximate surface area is 115 Å². The number of ether oxygens (including phenoxy) is 1. The second kappa shape index (κ2) is 6.61. The average molecular weight is 281 g/mol. The monoisotopic (exact) mass is 281 g/mol. The highest BCUT2D eigenvalue weighted by Crippen LogP contribution is 2.22. The fourth-order valence-corrected chi connectivity index (χ4v) is 3.11. The van der Waals surface area contributed by atoms with Gasteiger partial charge in [0.25, 0.3) is 0 Å². The molecule has 2 aromatic rings. The number of aromatic nitrogens is 2. The summed E-state index contributed by atoms with van der Waals surface area (Å²) in [4.78, 5) is 0. The third-order valence-electron chi connectivity index (χ3n) is 2.17. The first-order valence-electron chi connectivity index (χ1n) is 5.65. The molecule has 0 bridgehead atoms. The molecule has 6 heteroatoms. The molecule has 0 atom stereocenters. The Kier molecular flexibility index (Phi) is 4.83. The molecular formula is C12H15N3OS2. The molecule has 4 nitrogen and oxygen atoms in total. The number of nitrogens with two attached hydrogens (primary N) is 1. The van der Waals surface area contributed by atoms with Crippen molar-refractivity contribution in [1.82, 2.24) is 10.2 Å². The van der Waals surface area contributed by atoms with Crippen molar-refractivity contribution >= 4 is 28.8 Å². The van der Waals surface area contributed by atoms with Gasteiger partial charge in [-0.3, -0.25) is 0 Å². The first-order chi connectivity index (χ1) is 8.74. The van der Waals surface area contributed by atoms with E-state index in [1.165, 1.54) is 0 Å². The fraction of sp³-hybridized carbons (Fsp3) is 0.333. The van der Waals surface area contributed by atoms with Crippen molar-refractivity contribution < 1.29 is 4.74 Å². The van der Waals surface area contributed by atoms with Crippen molar-refractivity contribution in [2.45, 2.75) is 17.7 Å². The molecule has 0 aliphatic rings. The molecular weight excluding hydrogens is 266 g/mol. The van der Waals surface area contributed by atoms with Crippen LogP contribution in [-0.4, -0.2) is 22.6 Å². The highest BCUT2D eigenvalue weighted by molar-refractivity contribution is 8.01. The molecule has 0 amide bonds. The molecule has 96 valence electrons. The second-order valence-electron chi connectivity index (χ2n) is 3.71. The summed E-state index contributed by atoms with van der Waals surface area (Å²) in [6, 6.07) is 7.45. The zero-order valence-electron chi connectivity index (χ0n) is 10.1. The zero-order chi connectivity index (χ0) is 12.8. The van der Waals surface area contributed by atoms with Crippen molar-refractivity contribution in [3.63, 3.8) is 0 Å². The highest BCUT2D eigenvalue weighted by atomic mass is 32.2. The van der Waals surface area contributed by atoms with Crippen LogP contribution in [0.4, 0.5) is 5.69 Å². The average Bonchev–Trinajstić information content (AvgIpc) is 2.77. The Morgan fingerprint density at radius 3 is 2.72 bits per heavy atom. The number of rotatable bonds is 6. The molecule has 0 saturated carbocycles. The molecule has 0 fully saturated rings. The number of benzene rings is 1. The van der Waals surface area contributed by atoms with Crippen molar-refractivity contribution in [2.75, 3.05) is 18.1 Å². The maximum atomic E-state index is 5.60. The van der Waals surface area contributed by atoms with Gasteiger partial charge >= 0.3 is 0 Å². The molecule has 0 saturated heterocycles. The Bertz CT molecular complexity index is 484. The molecule has 0 radical (unpaired) electrons. The van der Waals surface area contributed by atoms with Gasteiger partial charge in [0.15, 0.2) is 4.34 Å². The summed E-state index contributed by atoms with van der Waals surface area (Å²) < 4.78 is 6.63. The van der Waals surface area contributed by atoms with E-state index in [2.05, 4.69) is 10.2 Å². The number of aryl methyl sites for hydroxylation is 1. The van der Waals surface area contributed by atoms with Crippen LogP contribution < -0.4 is 10.5 Å². The third kappa shape index (κ3) is 4.19. The SMILES string of the molecule is Cc1nnc(SCCCOc2ccc(N)cc2)s1. The number of thioether (sulfide) groups is 1. The highest BCUT2D eigenvalue weighted by Gasteiger charge is 2.00. The molecule has 0 unspecified atom stereocenters. The maximum absolute atomic E-state index is 5.60. The topological polar surface area (TPSA) is 61.0 Å². The van der Waals surface area contributed by atoms with Gasteiger partial charge in [0, 0.05) is 11.4 Å². The van der Waals surface area contributed by atoms with Gasteiger partial charge in [-0.05, 0) is 37.6 Å². The molecule has 0 spiro atoms. The lowest BCUT2D eigenvalue weighted by molar-refractivity contribution is 0.319. The number of hydrogen-bond donors (Lipinski definition) is 1. The van der Waals surface area contributed by atoms with Crippen LogP contribution in [0.5, 0.6) is 5.75 Å². The van der Waals surface area contributed by atoms with E-state index in [0.29, 0.717) is 6.61 Å². The number of hydrogen-bond acceptors (Lipinski definition) is 6. The molecule has 18 heavy (non-hydrogen) atoms. The van der Waals surface area contributed by atoms with Crippen LogP contribution >= 0.6 is 23.1 Å². The fourth-order valence-electron chi connectivity index (χ4n) is 1.31. The largest absolute Gasteiger partial charge is 0.494 e. The van der Waals surface area contributed by atoms with E-state index >= 15 is 0 Å². The lowest BCUT2D eigenvalue weighted by Crippen LogP contribution is -1.98. The summed E-state index contributed by atoms with van der Waals surface area (Å²) in [7, 11) is 0. The summed E-state index contributed by atoms with van der Waals surface area (Å²) in [5.74, 6) is 1.85. The standard InChI is InChI=1S/C12H15N3OS2/c1-9-14-15-12(18-9)17-8-2-7-16-11-5-3-10(13)4-6-11/h3-6H,2,7-8,13H2,1H3. The van der Waals surface area contributed by atoms with E-state index in [9.17, 15) is 0 Å². The van der Waals surface area contributed by atoms with Gasteiger partial charge in [0.1, 0.15) is 10.8 Å². The Morgan fingerprint density at radius 2 is 2.06 bits per heavy atom. The van der Waals surface area contributed by atoms with Gasteiger partial charge in [0.05, 0.1) is 6.61 Å². The van der Waals surface area contributed by atoms with E-state index < -0.39 is 0 Å². The van der Waals surface area contributed by atoms with Gasteiger partial charge < -0.3 is 10.5 Å². The number of nitrogens with zero attached hydrogens (tertiary/aromatic N) is 2. The molecule has 1 heterocycles. The minimum Gasteiger partial charge on any atom is -0.494 e. The quantitative estimate of drug-likeness (QED) is 0.501. The van der Waals surface area contributed by atoms with Crippen LogP contribution in [0.25, 0.3) is 0 Å². The second-order valence-corrected chi connectivity index (χ2v) is 6.23. The summed E-state index contributed by atoms with van der Waals surface area (Å²) >= 11 is 3.35. The van der Waals surface area contributed by atoms with E-state index in [4.69, 9.17) is 10.5 Å². The van der Waals surface area contributed by atoms with E-state index in [1.54, 1.807) is 23.1 Å². The van der Waals surface area contributed by atoms with Gasteiger partial charge in [-0.25, -0.2) is 0 Å². The van der Waals surface area contributed by atoms with Gasteiger partial charge in [-0.1, -0.05) is 23.1 Å². The van der Waals surface area contributed by atoms with E-state index in [0.717, 1.165) is 33.0 Å². The van der Waals surface area contributed by atoms with Crippen molar-refractivity contribution in [3.05, 3.63) is 29.3 Å². The molecule has 1 aromatic heterocycles. The van der Waals surface area contributed by atoms with Gasteiger partial charge in [-0.15, -0.1) is 10.2 Å². The first-order valence-corrected chi connectivity index (χ1v) is 7.45. The van der Waals surface area contributed by atoms with Gasteiger partial charge in [0.2, 0.25) is 0 Å². The Morgan fingerprint density at radius 1 is 1.28 bits per heavy atom. The predicted molar refractivity (Wildman–Crippen MR) is 76.3 cm³/mol. The third-order valence-corrected chi connectivity index (χ3v) is 4.23. The zero-order valence-corrected chi connectivity index (χ0v) is 11.8. The van der Waals surface area contributed by atoms with Gasteiger partial charge in [-0.2, -0.15) is 0 Å².